The zero-order valence-electron chi connectivity index (χ0n) is 19.4. The summed E-state index contributed by atoms with van der Waals surface area (Å²) in [5, 5.41) is 15.2. The van der Waals surface area contributed by atoms with Gasteiger partial charge >= 0.3 is 0 Å². The summed E-state index contributed by atoms with van der Waals surface area (Å²) < 4.78 is 3.25. The molecule has 0 saturated heterocycles. The number of hydrogen-bond acceptors (Lipinski definition) is 8. The maximum absolute atomic E-state index is 13.2. The average Bonchev–Trinajstić information content (AvgIpc) is 3.20. The second-order valence-corrected chi connectivity index (χ2v) is 8.44. The van der Waals surface area contributed by atoms with Crippen LogP contribution in [0.2, 0.25) is 0 Å². The van der Waals surface area contributed by atoms with Gasteiger partial charge in [-0.3, -0.25) is 4.79 Å². The SMILES string of the molecule is C=CCn1c(=O)c2cnc(Nc3ccc4c(c3)CCNC4)nc2n1-c1cccc(-c2cccnn2)n1. The molecular weight excluding hydrogens is 454 g/mol. The fourth-order valence-corrected chi connectivity index (χ4v) is 4.41. The Morgan fingerprint density at radius 2 is 2.00 bits per heavy atom. The maximum atomic E-state index is 13.2. The molecule has 0 atom stereocenters. The molecule has 10 nitrogen and oxygen atoms in total. The van der Waals surface area contributed by atoms with Gasteiger partial charge in [0, 0.05) is 24.6 Å². The van der Waals surface area contributed by atoms with Gasteiger partial charge in [-0.15, -0.1) is 11.7 Å². The Kier molecular flexibility index (Phi) is 5.55. The highest BCUT2D eigenvalue weighted by molar-refractivity contribution is 5.77. The molecular formula is C26H23N9O. The van der Waals surface area contributed by atoms with E-state index in [9.17, 15) is 4.79 Å². The van der Waals surface area contributed by atoms with E-state index in [4.69, 9.17) is 9.97 Å². The summed E-state index contributed by atoms with van der Waals surface area (Å²) in [6.45, 7) is 5.93. The van der Waals surface area contributed by atoms with Crippen molar-refractivity contribution in [2.75, 3.05) is 11.9 Å². The monoisotopic (exact) mass is 477 g/mol. The van der Waals surface area contributed by atoms with Crippen molar-refractivity contribution in [3.05, 3.63) is 95.1 Å². The maximum Gasteiger partial charge on any atom is 0.278 e. The molecule has 0 fully saturated rings. The van der Waals surface area contributed by atoms with Gasteiger partial charge in [0.15, 0.2) is 11.5 Å². The second kappa shape index (κ2) is 9.16. The van der Waals surface area contributed by atoms with Gasteiger partial charge in [-0.05, 0) is 60.5 Å². The van der Waals surface area contributed by atoms with Gasteiger partial charge in [0.25, 0.3) is 5.56 Å². The minimum atomic E-state index is -0.218. The number of anilines is 2. The molecule has 0 bridgehead atoms. The molecule has 1 aliphatic rings. The Balaban J connectivity index is 1.45. The summed E-state index contributed by atoms with van der Waals surface area (Å²) in [6, 6.07) is 15.4. The highest BCUT2D eigenvalue weighted by Crippen LogP contribution is 2.23. The van der Waals surface area contributed by atoms with E-state index in [0.717, 1.165) is 25.2 Å². The first-order valence-electron chi connectivity index (χ1n) is 11.7. The molecule has 5 aromatic rings. The first-order valence-corrected chi connectivity index (χ1v) is 11.7. The molecule has 5 heterocycles. The zero-order valence-corrected chi connectivity index (χ0v) is 19.4. The molecule has 4 aromatic heterocycles. The van der Waals surface area contributed by atoms with Crippen molar-refractivity contribution < 1.29 is 0 Å². The molecule has 1 aromatic carbocycles. The number of nitrogens with one attached hydrogen (secondary N) is 2. The van der Waals surface area contributed by atoms with Crippen molar-refractivity contribution in [2.24, 2.45) is 0 Å². The van der Waals surface area contributed by atoms with E-state index in [0.29, 0.717) is 34.2 Å². The zero-order chi connectivity index (χ0) is 24.5. The van der Waals surface area contributed by atoms with Crippen LogP contribution >= 0.6 is 0 Å². The minimum absolute atomic E-state index is 0.218. The van der Waals surface area contributed by atoms with E-state index in [1.165, 1.54) is 11.1 Å². The highest BCUT2D eigenvalue weighted by Gasteiger charge is 2.19. The van der Waals surface area contributed by atoms with Crippen LogP contribution in [-0.4, -0.2) is 41.1 Å². The number of rotatable bonds is 6. The number of nitrogens with zero attached hydrogens (tertiary/aromatic N) is 7. The molecule has 178 valence electrons. The van der Waals surface area contributed by atoms with E-state index in [1.807, 2.05) is 30.3 Å². The molecule has 0 radical (unpaired) electrons. The quantitative estimate of drug-likeness (QED) is 0.359. The lowest BCUT2D eigenvalue weighted by atomic mass is 10.0. The lowest BCUT2D eigenvalue weighted by Crippen LogP contribution is -2.23. The van der Waals surface area contributed by atoms with Gasteiger partial charge in [-0.1, -0.05) is 18.2 Å². The predicted molar refractivity (Wildman–Crippen MR) is 137 cm³/mol. The lowest BCUT2D eigenvalue weighted by molar-refractivity contribution is 0.597. The number of allylic oxidation sites excluding steroid dienone is 1. The summed E-state index contributed by atoms with van der Waals surface area (Å²) in [4.78, 5) is 27.1. The van der Waals surface area contributed by atoms with E-state index in [-0.39, 0.29) is 12.1 Å². The molecule has 0 spiro atoms. The lowest BCUT2D eigenvalue weighted by Gasteiger charge is -2.18. The van der Waals surface area contributed by atoms with Crippen LogP contribution in [0.3, 0.4) is 0 Å². The molecule has 6 rings (SSSR count). The molecule has 0 saturated carbocycles. The summed E-state index contributed by atoms with van der Waals surface area (Å²) in [5.74, 6) is 0.920. The van der Waals surface area contributed by atoms with Gasteiger partial charge < -0.3 is 10.6 Å². The number of benzene rings is 1. The van der Waals surface area contributed by atoms with Crippen LogP contribution in [0.1, 0.15) is 11.1 Å². The van der Waals surface area contributed by atoms with Crippen molar-refractivity contribution in [1.29, 1.82) is 0 Å². The van der Waals surface area contributed by atoms with Crippen LogP contribution in [0.25, 0.3) is 28.2 Å². The topological polar surface area (TPSA) is 115 Å². The second-order valence-electron chi connectivity index (χ2n) is 8.44. The van der Waals surface area contributed by atoms with Crippen LogP contribution in [0.5, 0.6) is 0 Å². The Morgan fingerprint density at radius 3 is 2.86 bits per heavy atom. The summed E-state index contributed by atoms with van der Waals surface area (Å²) in [5.41, 5.74) is 5.00. The van der Waals surface area contributed by atoms with Crippen molar-refractivity contribution in [1.82, 2.24) is 39.8 Å². The van der Waals surface area contributed by atoms with E-state index >= 15 is 0 Å². The fourth-order valence-electron chi connectivity index (χ4n) is 4.41. The average molecular weight is 478 g/mol. The summed E-state index contributed by atoms with van der Waals surface area (Å²) in [7, 11) is 0. The van der Waals surface area contributed by atoms with Crippen molar-refractivity contribution in [3.63, 3.8) is 0 Å². The van der Waals surface area contributed by atoms with E-state index in [2.05, 4.69) is 44.5 Å². The summed E-state index contributed by atoms with van der Waals surface area (Å²) >= 11 is 0. The fraction of sp³-hybridized carbons (Fsp3) is 0.154. The predicted octanol–water partition coefficient (Wildman–Crippen LogP) is 3.01. The molecule has 0 amide bonds. The van der Waals surface area contributed by atoms with Crippen molar-refractivity contribution >= 4 is 22.7 Å². The number of hydrogen-bond donors (Lipinski definition) is 2. The van der Waals surface area contributed by atoms with Crippen LogP contribution < -0.4 is 16.2 Å². The molecule has 0 unspecified atom stereocenters. The number of pyridine rings is 1. The van der Waals surface area contributed by atoms with Gasteiger partial charge in [-0.25, -0.2) is 19.3 Å². The molecule has 0 aliphatic carbocycles. The Hall–Kier alpha value is -4.70. The van der Waals surface area contributed by atoms with Crippen molar-refractivity contribution in [3.8, 4) is 17.2 Å². The van der Waals surface area contributed by atoms with Crippen LogP contribution in [0, 0.1) is 0 Å². The minimum Gasteiger partial charge on any atom is -0.324 e. The smallest absolute Gasteiger partial charge is 0.278 e. The van der Waals surface area contributed by atoms with E-state index < -0.39 is 0 Å². The Morgan fingerprint density at radius 1 is 1.08 bits per heavy atom. The summed E-state index contributed by atoms with van der Waals surface area (Å²) in [6.07, 6.45) is 5.80. The standard InChI is InChI=1S/C26H23N9O/c1-2-13-34-25(36)20-16-28-26(30-19-9-8-18-15-27-12-10-17(18)14-19)32-24(20)35(34)23-7-3-5-21(31-23)22-6-4-11-29-33-22/h2-9,11,14,16,27H,1,10,12-13,15H2,(H,28,30,32). The third-order valence-electron chi connectivity index (χ3n) is 6.11. The van der Waals surface area contributed by atoms with Gasteiger partial charge in [0.2, 0.25) is 5.95 Å². The highest BCUT2D eigenvalue weighted by atomic mass is 16.1. The normalized spacial score (nSPS) is 12.9. The molecule has 36 heavy (non-hydrogen) atoms. The molecule has 2 N–H and O–H groups in total. The van der Waals surface area contributed by atoms with Crippen LogP contribution in [-0.2, 0) is 19.5 Å². The first kappa shape index (κ1) is 21.8. The number of aromatic nitrogens is 7. The molecule has 10 heteroatoms. The van der Waals surface area contributed by atoms with Crippen molar-refractivity contribution in [2.45, 2.75) is 19.5 Å². The Bertz CT molecular complexity index is 1640. The Labute approximate surface area is 206 Å². The van der Waals surface area contributed by atoms with Crippen LogP contribution in [0.15, 0.2) is 78.4 Å². The van der Waals surface area contributed by atoms with Gasteiger partial charge in [0.1, 0.15) is 11.1 Å². The number of fused-ring (bicyclic) bond motifs is 2. The van der Waals surface area contributed by atoms with Crippen LogP contribution in [0.4, 0.5) is 11.6 Å². The molecule has 1 aliphatic heterocycles. The largest absolute Gasteiger partial charge is 0.324 e. The van der Waals surface area contributed by atoms with Gasteiger partial charge in [0.05, 0.1) is 12.2 Å². The third kappa shape index (κ3) is 3.93. The third-order valence-corrected chi connectivity index (χ3v) is 6.11. The van der Waals surface area contributed by atoms with Gasteiger partial charge in [-0.2, -0.15) is 10.1 Å². The van der Waals surface area contributed by atoms with E-state index in [1.54, 1.807) is 33.9 Å². The first-order chi connectivity index (χ1) is 17.7.